The highest BCUT2D eigenvalue weighted by atomic mass is 79.9. The summed E-state index contributed by atoms with van der Waals surface area (Å²) < 4.78 is 0.747. The predicted octanol–water partition coefficient (Wildman–Crippen LogP) is 2.36. The first-order valence-corrected chi connectivity index (χ1v) is 7.39. The summed E-state index contributed by atoms with van der Waals surface area (Å²) in [7, 11) is 0. The second-order valence-corrected chi connectivity index (χ2v) is 5.73. The molecule has 5 heteroatoms. The number of hydrogen-bond donors (Lipinski definition) is 3. The van der Waals surface area contributed by atoms with Crippen molar-refractivity contribution in [1.82, 2.24) is 5.32 Å². The third kappa shape index (κ3) is 4.58. The van der Waals surface area contributed by atoms with E-state index in [-0.39, 0.29) is 18.6 Å². The van der Waals surface area contributed by atoms with Gasteiger partial charge in [-0.25, -0.2) is 0 Å². The van der Waals surface area contributed by atoms with E-state index in [0.717, 1.165) is 10.0 Å². The van der Waals surface area contributed by atoms with E-state index < -0.39 is 0 Å². The highest BCUT2D eigenvalue weighted by Gasteiger charge is 2.14. The molecule has 2 rings (SSSR count). The molecule has 0 aromatic heterocycles. The number of rotatable bonds is 5. The Morgan fingerprint density at radius 3 is 2.57 bits per heavy atom. The van der Waals surface area contributed by atoms with Crippen LogP contribution < -0.4 is 11.1 Å². The number of carbonyl (C=O) groups excluding carboxylic acids is 1. The van der Waals surface area contributed by atoms with Gasteiger partial charge in [0.2, 0.25) is 0 Å². The van der Waals surface area contributed by atoms with Gasteiger partial charge in [0.25, 0.3) is 5.91 Å². The third-order valence-electron chi connectivity index (χ3n) is 3.06. The zero-order valence-corrected chi connectivity index (χ0v) is 13.0. The summed E-state index contributed by atoms with van der Waals surface area (Å²) in [6, 6.07) is 14.4. The average molecular weight is 349 g/mol. The number of carbonyl (C=O) groups is 1. The first kappa shape index (κ1) is 15.5. The van der Waals surface area contributed by atoms with Crippen LogP contribution in [0.5, 0.6) is 0 Å². The molecule has 0 fully saturated rings. The van der Waals surface area contributed by atoms with Gasteiger partial charge in [-0.15, -0.1) is 0 Å². The van der Waals surface area contributed by atoms with Crippen LogP contribution in [0.4, 0.5) is 5.69 Å². The van der Waals surface area contributed by atoms with Crippen molar-refractivity contribution in [3.63, 3.8) is 0 Å². The minimum atomic E-state index is -0.333. The van der Waals surface area contributed by atoms with Gasteiger partial charge in [-0.2, -0.15) is 0 Å². The van der Waals surface area contributed by atoms with Gasteiger partial charge >= 0.3 is 0 Å². The topological polar surface area (TPSA) is 75.4 Å². The summed E-state index contributed by atoms with van der Waals surface area (Å²) >= 11 is 3.31. The summed E-state index contributed by atoms with van der Waals surface area (Å²) in [5.74, 6) is -0.252. The van der Waals surface area contributed by atoms with E-state index in [1.165, 1.54) is 0 Å². The number of hydrogen-bond acceptors (Lipinski definition) is 3. The molecule has 0 saturated carbocycles. The molecule has 21 heavy (non-hydrogen) atoms. The molecule has 0 heterocycles. The Morgan fingerprint density at radius 1 is 1.24 bits per heavy atom. The average Bonchev–Trinajstić information content (AvgIpc) is 2.46. The molecule has 110 valence electrons. The fraction of sp³-hybridized carbons (Fsp3) is 0.188. The molecule has 0 bridgehead atoms. The van der Waals surface area contributed by atoms with Crippen LogP contribution in [0.3, 0.4) is 0 Å². The maximum Gasteiger partial charge on any atom is 0.251 e. The molecule has 2 aromatic rings. The van der Waals surface area contributed by atoms with E-state index in [0.29, 0.717) is 17.7 Å². The van der Waals surface area contributed by atoms with Gasteiger partial charge in [-0.3, -0.25) is 4.79 Å². The molecule has 2 aromatic carbocycles. The molecule has 0 radical (unpaired) electrons. The van der Waals surface area contributed by atoms with Crippen molar-refractivity contribution in [3.05, 3.63) is 64.1 Å². The van der Waals surface area contributed by atoms with Crippen LogP contribution >= 0.6 is 15.9 Å². The molecule has 0 spiro atoms. The van der Waals surface area contributed by atoms with Crippen molar-refractivity contribution >= 4 is 27.5 Å². The second kappa shape index (κ2) is 7.24. The minimum absolute atomic E-state index is 0.121. The molecule has 0 aliphatic carbocycles. The van der Waals surface area contributed by atoms with Gasteiger partial charge in [-0.05, 0) is 30.2 Å². The van der Waals surface area contributed by atoms with E-state index in [1.54, 1.807) is 18.2 Å². The molecule has 0 aliphatic rings. The molecule has 1 unspecified atom stereocenters. The number of aliphatic hydroxyl groups excluding tert-OH is 1. The van der Waals surface area contributed by atoms with Crippen LogP contribution in [-0.4, -0.2) is 23.7 Å². The Hall–Kier alpha value is -1.85. The van der Waals surface area contributed by atoms with Gasteiger partial charge in [-0.1, -0.05) is 46.3 Å². The van der Waals surface area contributed by atoms with Crippen LogP contribution in [0.2, 0.25) is 0 Å². The summed E-state index contributed by atoms with van der Waals surface area (Å²) in [5.41, 5.74) is 7.76. The zero-order valence-electron chi connectivity index (χ0n) is 11.4. The molecule has 4 N–H and O–H groups in total. The lowest BCUT2D eigenvalue weighted by Crippen LogP contribution is -2.39. The highest BCUT2D eigenvalue weighted by molar-refractivity contribution is 9.10. The third-order valence-corrected chi connectivity index (χ3v) is 3.52. The summed E-state index contributed by atoms with van der Waals surface area (Å²) in [6.07, 6.45) is 0.576. The van der Waals surface area contributed by atoms with Crippen molar-refractivity contribution in [1.29, 1.82) is 0 Å². The molecule has 1 amide bonds. The van der Waals surface area contributed by atoms with Gasteiger partial charge in [0.1, 0.15) is 0 Å². The fourth-order valence-electron chi connectivity index (χ4n) is 2.07. The van der Waals surface area contributed by atoms with Gasteiger partial charge in [0, 0.05) is 15.7 Å². The normalized spacial score (nSPS) is 11.9. The Balaban J connectivity index is 2.05. The minimum Gasteiger partial charge on any atom is -0.399 e. The van der Waals surface area contributed by atoms with Crippen molar-refractivity contribution in [2.45, 2.75) is 12.5 Å². The van der Waals surface area contributed by atoms with E-state index in [4.69, 9.17) is 5.73 Å². The maximum absolute atomic E-state index is 12.2. The van der Waals surface area contributed by atoms with Crippen molar-refractivity contribution in [2.75, 3.05) is 12.3 Å². The van der Waals surface area contributed by atoms with E-state index in [1.807, 2.05) is 30.3 Å². The lowest BCUT2D eigenvalue weighted by atomic mass is 10.1. The molecular formula is C16H17BrN2O2. The fourth-order valence-corrected chi connectivity index (χ4v) is 2.58. The maximum atomic E-state index is 12.2. The lowest BCUT2D eigenvalue weighted by molar-refractivity contribution is 0.0916. The standard InChI is InChI=1S/C16H17BrN2O2/c17-13-7-12(8-14(18)9-13)16(21)19-15(10-20)6-11-4-2-1-3-5-11/h1-5,7-9,15,20H,6,10,18H2,(H,19,21). The molecule has 4 nitrogen and oxygen atoms in total. The molecular weight excluding hydrogens is 332 g/mol. The SMILES string of the molecule is Nc1cc(Br)cc(C(=O)NC(CO)Cc2ccccc2)c1. The Labute approximate surface area is 132 Å². The largest absolute Gasteiger partial charge is 0.399 e. The van der Waals surface area contributed by atoms with Crippen LogP contribution in [0.15, 0.2) is 53.0 Å². The van der Waals surface area contributed by atoms with Crippen molar-refractivity contribution in [3.8, 4) is 0 Å². The van der Waals surface area contributed by atoms with Crippen LogP contribution in [-0.2, 0) is 6.42 Å². The molecule has 0 saturated heterocycles. The predicted molar refractivity (Wildman–Crippen MR) is 87.0 cm³/mol. The summed E-state index contributed by atoms with van der Waals surface area (Å²) in [6.45, 7) is -0.121. The van der Waals surface area contributed by atoms with E-state index >= 15 is 0 Å². The Morgan fingerprint density at radius 2 is 1.95 bits per heavy atom. The zero-order chi connectivity index (χ0) is 15.2. The number of nitrogens with one attached hydrogen (secondary N) is 1. The number of anilines is 1. The number of amides is 1. The number of halogens is 1. The number of benzene rings is 2. The number of nitrogen functional groups attached to an aromatic ring is 1. The second-order valence-electron chi connectivity index (χ2n) is 4.82. The van der Waals surface area contributed by atoms with Crippen LogP contribution in [0.1, 0.15) is 15.9 Å². The van der Waals surface area contributed by atoms with Gasteiger partial charge in [0.05, 0.1) is 12.6 Å². The molecule has 1 atom stereocenters. The van der Waals surface area contributed by atoms with Crippen LogP contribution in [0.25, 0.3) is 0 Å². The number of nitrogens with two attached hydrogens (primary N) is 1. The Kier molecular flexibility index (Phi) is 5.36. The smallest absolute Gasteiger partial charge is 0.251 e. The lowest BCUT2D eigenvalue weighted by Gasteiger charge is -2.16. The summed E-state index contributed by atoms with van der Waals surface area (Å²) in [4.78, 5) is 12.2. The van der Waals surface area contributed by atoms with E-state index in [9.17, 15) is 9.90 Å². The van der Waals surface area contributed by atoms with Gasteiger partial charge in [0.15, 0.2) is 0 Å². The highest BCUT2D eigenvalue weighted by Crippen LogP contribution is 2.17. The molecule has 0 aliphatic heterocycles. The first-order chi connectivity index (χ1) is 10.1. The quantitative estimate of drug-likeness (QED) is 0.726. The van der Waals surface area contributed by atoms with E-state index in [2.05, 4.69) is 21.2 Å². The van der Waals surface area contributed by atoms with Gasteiger partial charge < -0.3 is 16.2 Å². The Bertz CT molecular complexity index is 597. The summed E-state index contributed by atoms with van der Waals surface area (Å²) in [5, 5.41) is 12.3. The van der Waals surface area contributed by atoms with Crippen molar-refractivity contribution < 1.29 is 9.90 Å². The van der Waals surface area contributed by atoms with Crippen LogP contribution in [0, 0.1) is 0 Å². The number of aliphatic hydroxyl groups is 1. The monoisotopic (exact) mass is 348 g/mol. The van der Waals surface area contributed by atoms with Crippen molar-refractivity contribution in [2.24, 2.45) is 0 Å². The first-order valence-electron chi connectivity index (χ1n) is 6.60.